The lowest BCUT2D eigenvalue weighted by molar-refractivity contribution is 0.928. The van der Waals surface area contributed by atoms with Crippen molar-refractivity contribution in [2.45, 2.75) is 6.54 Å². The van der Waals surface area contributed by atoms with Crippen molar-refractivity contribution in [2.24, 2.45) is 5.73 Å². The van der Waals surface area contributed by atoms with Gasteiger partial charge in [0.05, 0.1) is 5.02 Å². The van der Waals surface area contributed by atoms with Crippen LogP contribution >= 0.6 is 11.6 Å². The third-order valence-corrected chi connectivity index (χ3v) is 2.39. The molecule has 0 atom stereocenters. The molecule has 0 saturated heterocycles. The summed E-state index contributed by atoms with van der Waals surface area (Å²) in [6.07, 6.45) is 3.18. The van der Waals surface area contributed by atoms with Crippen LogP contribution in [0.3, 0.4) is 0 Å². The maximum atomic E-state index is 11.6. The highest BCUT2D eigenvalue weighted by Gasteiger charge is 2.01. The lowest BCUT2D eigenvalue weighted by Crippen LogP contribution is -2.17. The smallest absolute Gasteiger partial charge is 0.256 e. The molecule has 0 bridgehead atoms. The first kappa shape index (κ1) is 10.9. The molecule has 16 heavy (non-hydrogen) atoms. The highest BCUT2D eigenvalue weighted by Crippen LogP contribution is 2.08. The Morgan fingerprint density at radius 1 is 1.31 bits per heavy atom. The highest BCUT2D eigenvalue weighted by atomic mass is 35.5. The van der Waals surface area contributed by atoms with Crippen LogP contribution in [0.25, 0.3) is 5.82 Å². The van der Waals surface area contributed by atoms with Gasteiger partial charge in [-0.2, -0.15) is 0 Å². The molecule has 0 unspecified atom stereocenters. The molecule has 2 heterocycles. The summed E-state index contributed by atoms with van der Waals surface area (Å²) < 4.78 is 1.39. The Hall–Kier alpha value is -1.65. The minimum absolute atomic E-state index is 0.169. The second kappa shape index (κ2) is 4.47. The molecule has 0 aliphatic heterocycles. The van der Waals surface area contributed by atoms with E-state index in [0.29, 0.717) is 17.4 Å². The number of nitrogens with zero attached hydrogens (tertiary/aromatic N) is 2. The molecule has 2 rings (SSSR count). The standard InChI is InChI=1S/C11H10ClN3O/c12-9-2-4-11(16)15(7-9)10-3-1-8(5-13)6-14-10/h1-4,6-7H,5,13H2. The monoisotopic (exact) mass is 235 g/mol. The normalized spacial score (nSPS) is 10.4. The zero-order chi connectivity index (χ0) is 11.5. The first-order valence-corrected chi connectivity index (χ1v) is 5.12. The lowest BCUT2D eigenvalue weighted by atomic mass is 10.3. The molecule has 2 aromatic rings. The fourth-order valence-electron chi connectivity index (χ4n) is 1.32. The number of pyridine rings is 2. The summed E-state index contributed by atoms with van der Waals surface area (Å²) in [5, 5.41) is 0.490. The number of rotatable bonds is 2. The SMILES string of the molecule is NCc1ccc(-n2cc(Cl)ccc2=O)nc1. The van der Waals surface area contributed by atoms with Crippen molar-refractivity contribution in [1.82, 2.24) is 9.55 Å². The van der Waals surface area contributed by atoms with E-state index in [4.69, 9.17) is 17.3 Å². The Morgan fingerprint density at radius 2 is 2.12 bits per heavy atom. The van der Waals surface area contributed by atoms with Gasteiger partial charge in [-0.3, -0.25) is 9.36 Å². The average molecular weight is 236 g/mol. The van der Waals surface area contributed by atoms with Crippen molar-refractivity contribution in [3.05, 3.63) is 57.6 Å². The lowest BCUT2D eigenvalue weighted by Gasteiger charge is -2.05. The number of nitrogens with two attached hydrogens (primary N) is 1. The van der Waals surface area contributed by atoms with E-state index in [1.165, 1.54) is 16.8 Å². The van der Waals surface area contributed by atoms with Crippen molar-refractivity contribution in [3.63, 3.8) is 0 Å². The minimum Gasteiger partial charge on any atom is -0.326 e. The molecule has 2 aromatic heterocycles. The Morgan fingerprint density at radius 3 is 2.75 bits per heavy atom. The van der Waals surface area contributed by atoms with Gasteiger partial charge in [0, 0.05) is 25.0 Å². The molecule has 0 aromatic carbocycles. The van der Waals surface area contributed by atoms with Crippen LogP contribution in [0.5, 0.6) is 0 Å². The van der Waals surface area contributed by atoms with Crippen molar-refractivity contribution in [2.75, 3.05) is 0 Å². The summed E-state index contributed by atoms with van der Waals surface area (Å²) in [6.45, 7) is 0.428. The topological polar surface area (TPSA) is 60.9 Å². The van der Waals surface area contributed by atoms with Crippen molar-refractivity contribution in [3.8, 4) is 5.82 Å². The Kier molecular flexibility index (Phi) is 3.03. The van der Waals surface area contributed by atoms with Crippen LogP contribution < -0.4 is 11.3 Å². The van der Waals surface area contributed by atoms with Crippen LogP contribution in [-0.4, -0.2) is 9.55 Å². The van der Waals surface area contributed by atoms with Crippen molar-refractivity contribution >= 4 is 11.6 Å². The van der Waals surface area contributed by atoms with E-state index in [2.05, 4.69) is 4.98 Å². The van der Waals surface area contributed by atoms with E-state index in [1.54, 1.807) is 18.3 Å². The summed E-state index contributed by atoms with van der Waals surface area (Å²) in [4.78, 5) is 15.7. The first-order chi connectivity index (χ1) is 7.70. The van der Waals surface area contributed by atoms with Crippen molar-refractivity contribution in [1.29, 1.82) is 0 Å². The quantitative estimate of drug-likeness (QED) is 0.855. The van der Waals surface area contributed by atoms with E-state index in [1.807, 2.05) is 6.07 Å². The van der Waals surface area contributed by atoms with Gasteiger partial charge in [0.15, 0.2) is 0 Å². The summed E-state index contributed by atoms with van der Waals surface area (Å²) in [5.74, 6) is 0.532. The largest absolute Gasteiger partial charge is 0.326 e. The van der Waals surface area contributed by atoms with Gasteiger partial charge in [0.2, 0.25) is 0 Å². The van der Waals surface area contributed by atoms with Gasteiger partial charge in [-0.1, -0.05) is 17.7 Å². The summed E-state index contributed by atoms with van der Waals surface area (Å²) in [7, 11) is 0. The van der Waals surface area contributed by atoms with E-state index < -0.39 is 0 Å². The fraction of sp³-hybridized carbons (Fsp3) is 0.0909. The zero-order valence-electron chi connectivity index (χ0n) is 8.43. The maximum absolute atomic E-state index is 11.6. The van der Waals surface area contributed by atoms with Gasteiger partial charge in [0.25, 0.3) is 5.56 Å². The van der Waals surface area contributed by atoms with Crippen LogP contribution in [0.1, 0.15) is 5.56 Å². The minimum atomic E-state index is -0.169. The van der Waals surface area contributed by atoms with Gasteiger partial charge >= 0.3 is 0 Å². The van der Waals surface area contributed by atoms with Gasteiger partial charge in [-0.25, -0.2) is 4.98 Å². The summed E-state index contributed by atoms with van der Waals surface area (Å²) in [6, 6.07) is 6.52. The van der Waals surface area contributed by atoms with Crippen LogP contribution in [0, 0.1) is 0 Å². The van der Waals surface area contributed by atoms with Crippen molar-refractivity contribution < 1.29 is 0 Å². The molecule has 5 heteroatoms. The zero-order valence-corrected chi connectivity index (χ0v) is 9.19. The molecule has 0 amide bonds. The molecule has 0 radical (unpaired) electrons. The summed E-state index contributed by atoms with van der Waals surface area (Å²) in [5.41, 5.74) is 6.21. The van der Waals surface area contributed by atoms with E-state index >= 15 is 0 Å². The predicted molar refractivity (Wildman–Crippen MR) is 62.7 cm³/mol. The molecule has 0 aliphatic carbocycles. The van der Waals surface area contributed by atoms with E-state index in [-0.39, 0.29) is 5.56 Å². The second-order valence-electron chi connectivity index (χ2n) is 3.28. The Bertz CT molecular complexity index is 548. The number of hydrogen-bond acceptors (Lipinski definition) is 3. The molecular weight excluding hydrogens is 226 g/mol. The highest BCUT2D eigenvalue weighted by molar-refractivity contribution is 6.30. The van der Waals surface area contributed by atoms with Gasteiger partial charge in [-0.05, 0) is 17.7 Å². The van der Waals surface area contributed by atoms with Crippen LogP contribution in [-0.2, 0) is 6.54 Å². The third kappa shape index (κ3) is 2.13. The Balaban J connectivity index is 2.50. The number of hydrogen-bond donors (Lipinski definition) is 1. The van der Waals surface area contributed by atoms with Gasteiger partial charge in [0.1, 0.15) is 5.82 Å². The van der Waals surface area contributed by atoms with Crippen LogP contribution in [0.15, 0.2) is 41.5 Å². The van der Waals surface area contributed by atoms with E-state index in [9.17, 15) is 4.79 Å². The average Bonchev–Trinajstić information content (AvgIpc) is 2.32. The molecule has 0 aliphatic rings. The summed E-state index contributed by atoms with van der Waals surface area (Å²) >= 11 is 5.82. The molecular formula is C11H10ClN3O. The number of aromatic nitrogens is 2. The molecule has 0 saturated carbocycles. The van der Waals surface area contributed by atoms with Crippen LogP contribution in [0.4, 0.5) is 0 Å². The molecule has 0 fully saturated rings. The molecule has 0 spiro atoms. The van der Waals surface area contributed by atoms with E-state index in [0.717, 1.165) is 5.56 Å². The number of halogens is 1. The molecule has 4 nitrogen and oxygen atoms in total. The Labute approximate surface area is 97.3 Å². The second-order valence-corrected chi connectivity index (χ2v) is 3.72. The third-order valence-electron chi connectivity index (χ3n) is 2.17. The fourth-order valence-corrected chi connectivity index (χ4v) is 1.48. The first-order valence-electron chi connectivity index (χ1n) is 4.74. The molecule has 82 valence electrons. The molecule has 2 N–H and O–H groups in total. The predicted octanol–water partition coefficient (Wildman–Crippen LogP) is 1.34. The maximum Gasteiger partial charge on any atom is 0.256 e. The van der Waals surface area contributed by atoms with Crippen LogP contribution in [0.2, 0.25) is 5.02 Å². The van der Waals surface area contributed by atoms with Gasteiger partial charge < -0.3 is 5.73 Å². The van der Waals surface area contributed by atoms with Gasteiger partial charge in [-0.15, -0.1) is 0 Å².